The lowest BCUT2D eigenvalue weighted by Gasteiger charge is -2.43. The number of carboxylic acid groups (broad SMARTS) is 1. The van der Waals surface area contributed by atoms with Gasteiger partial charge in [-0.05, 0) is 48.1 Å². The van der Waals surface area contributed by atoms with Crippen LogP contribution < -0.4 is 15.4 Å². The number of hydrogen-bond donors (Lipinski definition) is 3. The third kappa shape index (κ3) is 6.25. The number of carbonyl (C=O) groups is 3. The van der Waals surface area contributed by atoms with Gasteiger partial charge < -0.3 is 25.4 Å². The van der Waals surface area contributed by atoms with E-state index in [0.29, 0.717) is 35.9 Å². The first-order chi connectivity index (χ1) is 17.3. The lowest BCUT2D eigenvalue weighted by molar-refractivity contribution is -0.136. The van der Waals surface area contributed by atoms with Gasteiger partial charge in [-0.15, -0.1) is 0 Å². The number of ether oxygens (including phenoxy) is 1. The van der Waals surface area contributed by atoms with Gasteiger partial charge in [0.1, 0.15) is 5.75 Å². The number of piperazine rings is 1. The molecule has 2 aliphatic rings. The van der Waals surface area contributed by atoms with E-state index < -0.39 is 12.0 Å². The molecule has 190 valence electrons. The molecule has 36 heavy (non-hydrogen) atoms. The van der Waals surface area contributed by atoms with Crippen LogP contribution in [0.5, 0.6) is 5.75 Å². The number of halogens is 1. The number of nitrogens with one attached hydrogen (secondary N) is 2. The molecule has 2 heterocycles. The average molecular weight is 512 g/mol. The molecule has 0 saturated carbocycles. The number of carboxylic acids is 1. The Kier molecular flexibility index (Phi) is 8.28. The number of aryl methyl sites for hydroxylation is 1. The SMILES string of the molecule is CC(=O)NCC(=O)N1CC2CC(c3ccc(CCCOc4ccccc4Cl)cc3)=C(C(=O)O)[C@@H](C1)N2. The molecule has 8 nitrogen and oxygen atoms in total. The van der Waals surface area contributed by atoms with Crippen LogP contribution in [0.2, 0.25) is 5.02 Å². The monoisotopic (exact) mass is 511 g/mol. The summed E-state index contributed by atoms with van der Waals surface area (Å²) in [7, 11) is 0. The highest BCUT2D eigenvalue weighted by molar-refractivity contribution is 6.32. The van der Waals surface area contributed by atoms with E-state index >= 15 is 0 Å². The lowest BCUT2D eigenvalue weighted by atomic mass is 9.83. The fourth-order valence-electron chi connectivity index (χ4n) is 4.78. The van der Waals surface area contributed by atoms with Gasteiger partial charge in [0.25, 0.3) is 0 Å². The number of benzene rings is 2. The highest BCUT2D eigenvalue weighted by Crippen LogP contribution is 2.33. The molecule has 2 aromatic carbocycles. The molecular formula is C27H30ClN3O5. The number of hydrogen-bond acceptors (Lipinski definition) is 5. The first-order valence-corrected chi connectivity index (χ1v) is 12.4. The van der Waals surface area contributed by atoms with Crippen molar-refractivity contribution in [3.05, 3.63) is 70.3 Å². The molecule has 9 heteroatoms. The molecule has 2 aliphatic heterocycles. The van der Waals surface area contributed by atoms with Crippen molar-refractivity contribution in [1.29, 1.82) is 0 Å². The van der Waals surface area contributed by atoms with Crippen molar-refractivity contribution < 1.29 is 24.2 Å². The maximum Gasteiger partial charge on any atom is 0.333 e. The summed E-state index contributed by atoms with van der Waals surface area (Å²) in [6, 6.07) is 14.9. The van der Waals surface area contributed by atoms with Crippen molar-refractivity contribution in [2.24, 2.45) is 0 Å². The van der Waals surface area contributed by atoms with Gasteiger partial charge in [-0.3, -0.25) is 9.59 Å². The van der Waals surface area contributed by atoms with Crippen LogP contribution in [0.15, 0.2) is 54.1 Å². The molecule has 2 aromatic rings. The normalized spacial score (nSPS) is 19.1. The summed E-state index contributed by atoms with van der Waals surface area (Å²) >= 11 is 6.12. The van der Waals surface area contributed by atoms with Crippen molar-refractivity contribution in [3.8, 4) is 5.75 Å². The molecule has 0 radical (unpaired) electrons. The summed E-state index contributed by atoms with van der Waals surface area (Å²) in [6.07, 6.45) is 2.16. The largest absolute Gasteiger partial charge is 0.492 e. The lowest BCUT2D eigenvalue weighted by Crippen LogP contribution is -2.62. The number of rotatable bonds is 9. The van der Waals surface area contributed by atoms with Crippen LogP contribution in [0.1, 0.15) is 30.9 Å². The Hall–Kier alpha value is -3.36. The van der Waals surface area contributed by atoms with Gasteiger partial charge >= 0.3 is 5.97 Å². The second kappa shape index (κ2) is 11.6. The predicted octanol–water partition coefficient (Wildman–Crippen LogP) is 2.90. The van der Waals surface area contributed by atoms with E-state index in [9.17, 15) is 19.5 Å². The molecular weight excluding hydrogens is 482 g/mol. The quantitative estimate of drug-likeness (QED) is 0.447. The van der Waals surface area contributed by atoms with Gasteiger partial charge in [0.2, 0.25) is 11.8 Å². The second-order valence-corrected chi connectivity index (χ2v) is 9.51. The third-order valence-electron chi connectivity index (χ3n) is 6.48. The van der Waals surface area contributed by atoms with Crippen molar-refractivity contribution in [2.45, 2.75) is 38.3 Å². The minimum absolute atomic E-state index is 0.0511. The Bertz CT molecular complexity index is 1160. The molecule has 0 spiro atoms. The first-order valence-electron chi connectivity index (χ1n) is 12.0. The summed E-state index contributed by atoms with van der Waals surface area (Å²) < 4.78 is 5.75. The molecule has 2 amide bonds. The summed E-state index contributed by atoms with van der Waals surface area (Å²) in [5, 5.41) is 16.5. The Morgan fingerprint density at radius 2 is 1.89 bits per heavy atom. The van der Waals surface area contributed by atoms with Crippen LogP contribution in [-0.4, -0.2) is 66.1 Å². The molecule has 1 fully saturated rings. The fourth-order valence-corrected chi connectivity index (χ4v) is 4.97. The predicted molar refractivity (Wildman–Crippen MR) is 137 cm³/mol. The average Bonchev–Trinajstić information content (AvgIpc) is 2.85. The van der Waals surface area contributed by atoms with E-state index in [1.807, 2.05) is 42.5 Å². The number of para-hydroxylation sites is 1. The Balaban J connectivity index is 1.40. The maximum atomic E-state index is 12.5. The van der Waals surface area contributed by atoms with Crippen molar-refractivity contribution in [3.63, 3.8) is 0 Å². The zero-order valence-electron chi connectivity index (χ0n) is 20.1. The van der Waals surface area contributed by atoms with Gasteiger partial charge in [0.15, 0.2) is 0 Å². The van der Waals surface area contributed by atoms with Gasteiger partial charge in [-0.25, -0.2) is 4.79 Å². The zero-order valence-corrected chi connectivity index (χ0v) is 20.9. The van der Waals surface area contributed by atoms with E-state index in [0.717, 1.165) is 29.5 Å². The van der Waals surface area contributed by atoms with E-state index in [2.05, 4.69) is 10.6 Å². The minimum atomic E-state index is -0.988. The van der Waals surface area contributed by atoms with Crippen molar-refractivity contribution in [1.82, 2.24) is 15.5 Å². The Morgan fingerprint density at radius 3 is 2.58 bits per heavy atom. The Labute approximate surface area is 215 Å². The molecule has 1 unspecified atom stereocenters. The standard InChI is InChI=1S/C27H30ClN3O5/c1-17(32)29-14-25(33)31-15-20-13-21(26(27(34)35)23(16-31)30-20)19-10-8-18(9-11-19)5-4-12-36-24-7-3-2-6-22(24)28/h2-3,6-11,20,23,30H,4-5,12-16H2,1H3,(H,29,32)(H,34,35)/t20?,23-/m1/s1. The highest BCUT2D eigenvalue weighted by Gasteiger charge is 2.39. The topological polar surface area (TPSA) is 108 Å². The van der Waals surface area contributed by atoms with Crippen molar-refractivity contribution >= 4 is 35.0 Å². The summed E-state index contributed by atoms with van der Waals surface area (Å²) in [5.74, 6) is -0.797. The van der Waals surface area contributed by atoms with Crippen LogP contribution in [0.4, 0.5) is 0 Å². The second-order valence-electron chi connectivity index (χ2n) is 9.11. The molecule has 1 saturated heterocycles. The molecule has 3 N–H and O–H groups in total. The number of fused-ring (bicyclic) bond motifs is 2. The molecule has 2 atom stereocenters. The van der Waals surface area contributed by atoms with Crippen LogP contribution >= 0.6 is 11.6 Å². The molecule has 2 bridgehead atoms. The fraction of sp³-hybridized carbons (Fsp3) is 0.370. The van der Waals surface area contributed by atoms with Crippen molar-refractivity contribution in [2.75, 3.05) is 26.2 Å². The number of aliphatic carboxylic acids is 1. The summed E-state index contributed by atoms with van der Waals surface area (Å²) in [5.41, 5.74) is 3.13. The van der Waals surface area contributed by atoms with E-state index in [4.69, 9.17) is 16.3 Å². The van der Waals surface area contributed by atoms with Crippen LogP contribution in [0.3, 0.4) is 0 Å². The number of carbonyl (C=O) groups excluding carboxylic acids is 2. The zero-order chi connectivity index (χ0) is 25.7. The molecule has 0 aliphatic carbocycles. The Morgan fingerprint density at radius 1 is 1.14 bits per heavy atom. The van der Waals surface area contributed by atoms with Gasteiger partial charge in [0.05, 0.1) is 29.8 Å². The van der Waals surface area contributed by atoms with Crippen LogP contribution in [-0.2, 0) is 20.8 Å². The van der Waals surface area contributed by atoms with E-state index in [-0.39, 0.29) is 30.9 Å². The van der Waals surface area contributed by atoms with Gasteiger partial charge in [-0.1, -0.05) is 48.0 Å². The highest BCUT2D eigenvalue weighted by atomic mass is 35.5. The van der Waals surface area contributed by atoms with E-state index in [1.165, 1.54) is 6.92 Å². The summed E-state index contributed by atoms with van der Waals surface area (Å²) in [6.45, 7) is 2.54. The third-order valence-corrected chi connectivity index (χ3v) is 6.80. The minimum Gasteiger partial charge on any atom is -0.492 e. The smallest absolute Gasteiger partial charge is 0.333 e. The first kappa shape index (κ1) is 25.7. The number of nitrogens with zero attached hydrogens (tertiary/aromatic N) is 1. The van der Waals surface area contributed by atoms with Gasteiger partial charge in [0, 0.05) is 26.1 Å². The summed E-state index contributed by atoms with van der Waals surface area (Å²) in [4.78, 5) is 37.5. The van der Waals surface area contributed by atoms with Crippen LogP contribution in [0, 0.1) is 0 Å². The van der Waals surface area contributed by atoms with Gasteiger partial charge in [-0.2, -0.15) is 0 Å². The van der Waals surface area contributed by atoms with E-state index in [1.54, 1.807) is 11.0 Å². The van der Waals surface area contributed by atoms with Crippen LogP contribution in [0.25, 0.3) is 5.57 Å². The molecule has 4 rings (SSSR count). The number of amides is 2. The molecule has 0 aromatic heterocycles. The maximum absolute atomic E-state index is 12.5.